The van der Waals surface area contributed by atoms with Gasteiger partial charge in [0.05, 0.1) is 6.61 Å². The Balaban J connectivity index is 2.11. The highest BCUT2D eigenvalue weighted by molar-refractivity contribution is 5.75. The molecule has 1 rings (SSSR count). The van der Waals surface area contributed by atoms with Crippen LogP contribution in [0.15, 0.2) is 43.0 Å². The molecule has 0 aliphatic carbocycles. The summed E-state index contributed by atoms with van der Waals surface area (Å²) in [7, 11) is 0. The van der Waals surface area contributed by atoms with Gasteiger partial charge >= 0.3 is 5.97 Å². The van der Waals surface area contributed by atoms with Crippen molar-refractivity contribution in [1.29, 1.82) is 0 Å². The Labute approximate surface area is 120 Å². The van der Waals surface area contributed by atoms with E-state index in [2.05, 4.69) is 6.58 Å². The Morgan fingerprint density at radius 2 is 2.05 bits per heavy atom. The molecule has 110 valence electrons. The van der Waals surface area contributed by atoms with Crippen LogP contribution < -0.4 is 5.73 Å². The highest BCUT2D eigenvalue weighted by atomic mass is 16.5. The largest absolute Gasteiger partial charge is 0.460 e. The summed E-state index contributed by atoms with van der Waals surface area (Å²) in [5.41, 5.74) is 6.65. The third kappa shape index (κ3) is 7.07. The number of nitrogens with two attached hydrogens (primary N) is 1. The van der Waals surface area contributed by atoms with E-state index < -0.39 is 12.0 Å². The SMILES string of the molecule is C=CCCCCOC[C@H](N)C(=O)OCc1ccccc1. The number of hydrogen-bond acceptors (Lipinski definition) is 4. The molecule has 0 spiro atoms. The van der Waals surface area contributed by atoms with Crippen molar-refractivity contribution < 1.29 is 14.3 Å². The number of rotatable bonds is 10. The molecular weight excluding hydrogens is 254 g/mol. The molecule has 0 saturated carbocycles. The summed E-state index contributed by atoms with van der Waals surface area (Å²) in [6.07, 6.45) is 4.84. The molecule has 0 radical (unpaired) electrons. The molecule has 0 unspecified atom stereocenters. The zero-order valence-electron chi connectivity index (χ0n) is 11.8. The summed E-state index contributed by atoms with van der Waals surface area (Å²) in [5.74, 6) is -0.431. The number of carbonyl (C=O) groups excluding carboxylic acids is 1. The molecule has 20 heavy (non-hydrogen) atoms. The van der Waals surface area contributed by atoms with E-state index in [1.807, 2.05) is 36.4 Å². The minimum atomic E-state index is -0.724. The number of ether oxygens (including phenoxy) is 2. The van der Waals surface area contributed by atoms with Gasteiger partial charge in [-0.3, -0.25) is 4.79 Å². The van der Waals surface area contributed by atoms with Crippen LogP contribution >= 0.6 is 0 Å². The molecule has 0 amide bonds. The number of unbranched alkanes of at least 4 members (excludes halogenated alkanes) is 2. The number of allylic oxidation sites excluding steroid dienone is 1. The summed E-state index contributed by atoms with van der Waals surface area (Å²) in [6, 6.07) is 8.78. The average Bonchev–Trinajstić information content (AvgIpc) is 2.49. The third-order valence-electron chi connectivity index (χ3n) is 2.77. The Bertz CT molecular complexity index is 392. The second kappa shape index (κ2) is 10.2. The van der Waals surface area contributed by atoms with E-state index in [4.69, 9.17) is 15.2 Å². The van der Waals surface area contributed by atoms with Crippen LogP contribution in [0, 0.1) is 0 Å². The van der Waals surface area contributed by atoms with Gasteiger partial charge in [-0.05, 0) is 24.8 Å². The van der Waals surface area contributed by atoms with Crippen LogP contribution in [0.25, 0.3) is 0 Å². The van der Waals surface area contributed by atoms with Crippen LogP contribution in [0.5, 0.6) is 0 Å². The van der Waals surface area contributed by atoms with Crippen molar-refractivity contribution >= 4 is 5.97 Å². The smallest absolute Gasteiger partial charge is 0.325 e. The third-order valence-corrected chi connectivity index (χ3v) is 2.77. The van der Waals surface area contributed by atoms with Crippen molar-refractivity contribution in [1.82, 2.24) is 0 Å². The first kappa shape index (κ1) is 16.4. The molecule has 1 atom stereocenters. The van der Waals surface area contributed by atoms with Gasteiger partial charge in [0.25, 0.3) is 0 Å². The van der Waals surface area contributed by atoms with Crippen LogP contribution in [0.3, 0.4) is 0 Å². The fraction of sp³-hybridized carbons (Fsp3) is 0.438. The van der Waals surface area contributed by atoms with Gasteiger partial charge in [-0.1, -0.05) is 36.4 Å². The van der Waals surface area contributed by atoms with Crippen molar-refractivity contribution in [3.8, 4) is 0 Å². The monoisotopic (exact) mass is 277 g/mol. The highest BCUT2D eigenvalue weighted by Gasteiger charge is 2.15. The molecule has 1 aromatic carbocycles. The maximum absolute atomic E-state index is 11.6. The molecule has 0 aliphatic rings. The van der Waals surface area contributed by atoms with Crippen molar-refractivity contribution in [2.45, 2.75) is 31.9 Å². The van der Waals surface area contributed by atoms with Crippen LogP contribution in [0.1, 0.15) is 24.8 Å². The van der Waals surface area contributed by atoms with E-state index in [1.165, 1.54) is 0 Å². The van der Waals surface area contributed by atoms with Gasteiger partial charge < -0.3 is 15.2 Å². The Morgan fingerprint density at radius 1 is 1.30 bits per heavy atom. The molecule has 0 heterocycles. The molecule has 4 heteroatoms. The highest BCUT2D eigenvalue weighted by Crippen LogP contribution is 2.02. The minimum absolute atomic E-state index is 0.196. The summed E-state index contributed by atoms with van der Waals surface area (Å²) in [4.78, 5) is 11.6. The minimum Gasteiger partial charge on any atom is -0.460 e. The van der Waals surface area contributed by atoms with Crippen molar-refractivity contribution in [3.05, 3.63) is 48.6 Å². The molecule has 0 aromatic heterocycles. The Hall–Kier alpha value is -1.65. The standard InChI is InChI=1S/C16H23NO3/c1-2-3-4-8-11-19-13-15(17)16(18)20-12-14-9-6-5-7-10-14/h2,5-7,9-10,15H,1,3-4,8,11-13,17H2/t15-/m0/s1. The van der Waals surface area contributed by atoms with E-state index in [-0.39, 0.29) is 13.2 Å². The van der Waals surface area contributed by atoms with Gasteiger partial charge in [0.2, 0.25) is 0 Å². The second-order valence-electron chi connectivity index (χ2n) is 4.56. The molecule has 1 aromatic rings. The normalized spacial score (nSPS) is 11.8. The second-order valence-corrected chi connectivity index (χ2v) is 4.56. The van der Waals surface area contributed by atoms with Crippen molar-refractivity contribution in [2.24, 2.45) is 5.73 Å². The van der Waals surface area contributed by atoms with E-state index in [9.17, 15) is 4.79 Å². The van der Waals surface area contributed by atoms with Crippen LogP contribution in [0.2, 0.25) is 0 Å². The molecule has 2 N–H and O–H groups in total. The van der Waals surface area contributed by atoms with Crippen LogP contribution in [-0.2, 0) is 20.9 Å². The molecule has 0 fully saturated rings. The van der Waals surface area contributed by atoms with E-state index in [1.54, 1.807) is 0 Å². The van der Waals surface area contributed by atoms with E-state index in [0.29, 0.717) is 6.61 Å². The number of hydrogen-bond donors (Lipinski definition) is 1. The van der Waals surface area contributed by atoms with Gasteiger partial charge in [-0.2, -0.15) is 0 Å². The number of carbonyl (C=O) groups is 1. The Kier molecular flexibility index (Phi) is 8.35. The summed E-state index contributed by atoms with van der Waals surface area (Å²) >= 11 is 0. The summed E-state index contributed by atoms with van der Waals surface area (Å²) in [5, 5.41) is 0. The molecule has 0 bridgehead atoms. The molecule has 0 saturated heterocycles. The maximum atomic E-state index is 11.6. The first-order chi connectivity index (χ1) is 9.74. The molecular formula is C16H23NO3. The van der Waals surface area contributed by atoms with Gasteiger partial charge in [0.15, 0.2) is 0 Å². The van der Waals surface area contributed by atoms with Crippen molar-refractivity contribution in [3.63, 3.8) is 0 Å². The predicted octanol–water partition coefficient (Wildman–Crippen LogP) is 2.43. The van der Waals surface area contributed by atoms with Crippen LogP contribution in [-0.4, -0.2) is 25.2 Å². The molecule has 0 aliphatic heterocycles. The Morgan fingerprint density at radius 3 is 2.75 bits per heavy atom. The van der Waals surface area contributed by atoms with E-state index in [0.717, 1.165) is 24.8 Å². The lowest BCUT2D eigenvalue weighted by Crippen LogP contribution is -2.36. The van der Waals surface area contributed by atoms with Crippen LogP contribution in [0.4, 0.5) is 0 Å². The first-order valence-electron chi connectivity index (χ1n) is 6.89. The summed E-state index contributed by atoms with van der Waals surface area (Å²) < 4.78 is 10.5. The lowest BCUT2D eigenvalue weighted by molar-refractivity contribution is -0.148. The lowest BCUT2D eigenvalue weighted by atomic mass is 10.2. The van der Waals surface area contributed by atoms with Gasteiger partial charge in [-0.25, -0.2) is 0 Å². The topological polar surface area (TPSA) is 61.5 Å². The van der Waals surface area contributed by atoms with Gasteiger partial charge in [0, 0.05) is 6.61 Å². The molecule has 4 nitrogen and oxygen atoms in total. The lowest BCUT2D eigenvalue weighted by Gasteiger charge is -2.12. The van der Waals surface area contributed by atoms with Gasteiger partial charge in [0.1, 0.15) is 12.6 Å². The first-order valence-corrected chi connectivity index (χ1v) is 6.89. The fourth-order valence-electron chi connectivity index (χ4n) is 1.61. The van der Waals surface area contributed by atoms with Crippen molar-refractivity contribution in [2.75, 3.05) is 13.2 Å². The maximum Gasteiger partial charge on any atom is 0.325 e. The van der Waals surface area contributed by atoms with E-state index >= 15 is 0 Å². The zero-order chi connectivity index (χ0) is 14.6. The number of benzene rings is 1. The zero-order valence-corrected chi connectivity index (χ0v) is 11.8. The predicted molar refractivity (Wildman–Crippen MR) is 79.1 cm³/mol. The number of esters is 1. The summed E-state index contributed by atoms with van der Waals surface area (Å²) in [6.45, 7) is 4.70. The average molecular weight is 277 g/mol. The quantitative estimate of drug-likeness (QED) is 0.405. The fourth-order valence-corrected chi connectivity index (χ4v) is 1.61. The van der Waals surface area contributed by atoms with Gasteiger partial charge in [-0.15, -0.1) is 6.58 Å².